The van der Waals surface area contributed by atoms with Gasteiger partial charge in [0.1, 0.15) is 17.3 Å². The van der Waals surface area contributed by atoms with Crippen molar-refractivity contribution < 1.29 is 9.47 Å². The molecule has 5 rings (SSSR count). The Balaban J connectivity index is 1.69. The van der Waals surface area contributed by atoms with Gasteiger partial charge in [0, 0.05) is 29.8 Å². The first-order valence-electron chi connectivity index (χ1n) is 11.8. The lowest BCUT2D eigenvalue weighted by Crippen LogP contribution is -2.30. The summed E-state index contributed by atoms with van der Waals surface area (Å²) in [6.45, 7) is 6.28. The smallest absolute Gasteiger partial charge is 0.174 e. The van der Waals surface area contributed by atoms with E-state index in [1.165, 1.54) is 0 Å². The number of nitrogens with one attached hydrogen (secondary N) is 1. The van der Waals surface area contributed by atoms with Crippen LogP contribution in [0.4, 0.5) is 5.69 Å². The molecule has 1 N–H and O–H groups in total. The van der Waals surface area contributed by atoms with Crippen molar-refractivity contribution >= 4 is 23.0 Å². The first kappa shape index (κ1) is 23.8. The summed E-state index contributed by atoms with van der Waals surface area (Å²) in [6, 6.07) is 17.8. The molecule has 2 atom stereocenters. The van der Waals surface area contributed by atoms with Crippen molar-refractivity contribution in [3.63, 3.8) is 0 Å². The molecule has 0 saturated carbocycles. The van der Waals surface area contributed by atoms with Crippen LogP contribution in [0, 0.1) is 20.8 Å². The van der Waals surface area contributed by atoms with E-state index in [-0.39, 0.29) is 12.1 Å². The lowest BCUT2D eigenvalue weighted by Gasteiger charge is -2.29. The van der Waals surface area contributed by atoms with E-state index in [0.717, 1.165) is 45.5 Å². The normalized spacial score (nSPS) is 17.2. The fourth-order valence-electron chi connectivity index (χ4n) is 4.95. The lowest BCUT2D eigenvalue weighted by atomic mass is 9.96. The molecule has 1 aliphatic heterocycles. The van der Waals surface area contributed by atoms with Crippen LogP contribution in [-0.2, 0) is 0 Å². The van der Waals surface area contributed by atoms with Gasteiger partial charge < -0.3 is 24.3 Å². The molecule has 0 aliphatic carbocycles. The van der Waals surface area contributed by atoms with Crippen molar-refractivity contribution in [3.05, 3.63) is 95.2 Å². The van der Waals surface area contributed by atoms with Crippen molar-refractivity contribution in [1.29, 1.82) is 0 Å². The van der Waals surface area contributed by atoms with Crippen molar-refractivity contribution in [2.75, 3.05) is 19.1 Å². The van der Waals surface area contributed by atoms with E-state index in [1.54, 1.807) is 14.2 Å². The highest BCUT2D eigenvalue weighted by atomic mass is 32.1. The maximum Gasteiger partial charge on any atom is 0.174 e. The fraction of sp³-hybridized carbons (Fsp3) is 0.250. The van der Waals surface area contributed by atoms with Gasteiger partial charge in [-0.05, 0) is 80.5 Å². The minimum Gasteiger partial charge on any atom is -0.497 e. The number of pyridine rings is 2. The van der Waals surface area contributed by atoms with Gasteiger partial charge >= 0.3 is 0 Å². The molecule has 7 nitrogen and oxygen atoms in total. The van der Waals surface area contributed by atoms with Crippen LogP contribution in [0.3, 0.4) is 0 Å². The van der Waals surface area contributed by atoms with E-state index < -0.39 is 0 Å². The van der Waals surface area contributed by atoms with Gasteiger partial charge in [-0.25, -0.2) is 4.98 Å². The first-order chi connectivity index (χ1) is 17.4. The zero-order valence-electron chi connectivity index (χ0n) is 21.0. The second-order valence-corrected chi connectivity index (χ2v) is 9.28. The Morgan fingerprint density at radius 1 is 0.944 bits per heavy atom. The number of anilines is 1. The van der Waals surface area contributed by atoms with Crippen LogP contribution < -0.4 is 19.7 Å². The maximum absolute atomic E-state index is 5.92. The van der Waals surface area contributed by atoms with E-state index in [0.29, 0.717) is 10.9 Å². The predicted octanol–water partition coefficient (Wildman–Crippen LogP) is 5.39. The summed E-state index contributed by atoms with van der Waals surface area (Å²) in [5.74, 6) is 2.28. The molecule has 0 spiro atoms. The molecular weight excluding hydrogens is 470 g/mol. The second kappa shape index (κ2) is 9.62. The number of aryl methyl sites for hydroxylation is 2. The third kappa shape index (κ3) is 4.07. The van der Waals surface area contributed by atoms with Gasteiger partial charge in [-0.2, -0.15) is 0 Å². The van der Waals surface area contributed by atoms with E-state index in [9.17, 15) is 0 Å². The SMILES string of the molecule is COc1ccc(N2C(=S)N[C@H](c3ccccn3)[C@@H]2c2cc(C)n(-c3ccc(C)cn3)c2C)c(OC)c1. The van der Waals surface area contributed by atoms with Crippen LogP contribution in [0.2, 0.25) is 0 Å². The minimum atomic E-state index is -0.167. The topological polar surface area (TPSA) is 64.4 Å². The molecule has 1 aliphatic rings. The zero-order valence-corrected chi connectivity index (χ0v) is 21.8. The molecule has 0 amide bonds. The Morgan fingerprint density at radius 2 is 1.78 bits per heavy atom. The van der Waals surface area contributed by atoms with E-state index in [4.69, 9.17) is 21.7 Å². The Bertz CT molecular complexity index is 1400. The van der Waals surface area contributed by atoms with Gasteiger partial charge in [0.25, 0.3) is 0 Å². The van der Waals surface area contributed by atoms with Crippen LogP contribution in [0.5, 0.6) is 11.5 Å². The van der Waals surface area contributed by atoms with Crippen molar-refractivity contribution in [1.82, 2.24) is 19.9 Å². The number of ether oxygens (including phenoxy) is 2. The number of methoxy groups -OCH3 is 2. The summed E-state index contributed by atoms with van der Waals surface area (Å²) in [4.78, 5) is 11.5. The monoisotopic (exact) mass is 499 g/mol. The van der Waals surface area contributed by atoms with Crippen molar-refractivity contribution in [2.45, 2.75) is 32.9 Å². The molecule has 36 heavy (non-hydrogen) atoms. The third-order valence-corrected chi connectivity index (χ3v) is 6.97. The van der Waals surface area contributed by atoms with E-state index in [1.807, 2.05) is 55.7 Å². The number of nitrogens with zero attached hydrogens (tertiary/aromatic N) is 4. The maximum atomic E-state index is 5.92. The van der Waals surface area contributed by atoms with Crippen LogP contribution >= 0.6 is 12.2 Å². The van der Waals surface area contributed by atoms with Crippen LogP contribution in [0.15, 0.2) is 67.0 Å². The highest BCUT2D eigenvalue weighted by Gasteiger charge is 2.43. The summed E-state index contributed by atoms with van der Waals surface area (Å²) in [6.07, 6.45) is 3.71. The summed E-state index contributed by atoms with van der Waals surface area (Å²) in [5, 5.41) is 4.14. The fourth-order valence-corrected chi connectivity index (χ4v) is 5.29. The lowest BCUT2D eigenvalue weighted by molar-refractivity contribution is 0.394. The number of aromatic nitrogens is 3. The molecular formula is C28H29N5O2S. The molecule has 4 aromatic rings. The molecule has 3 aromatic heterocycles. The van der Waals surface area contributed by atoms with Gasteiger partial charge in [0.15, 0.2) is 5.11 Å². The van der Waals surface area contributed by atoms with Gasteiger partial charge in [0.05, 0.1) is 37.7 Å². The summed E-state index contributed by atoms with van der Waals surface area (Å²) in [5.41, 5.74) is 6.22. The number of rotatable bonds is 6. The van der Waals surface area contributed by atoms with Crippen molar-refractivity contribution in [2.24, 2.45) is 0 Å². The predicted molar refractivity (Wildman–Crippen MR) is 145 cm³/mol. The Kier molecular flexibility index (Phi) is 6.36. The standard InChI is InChI=1S/C28H29N5O2S/c1-17-9-12-25(30-16-17)32-18(2)14-21(19(32)3)27-26(22-8-6-7-13-29-22)31-28(36)33(27)23-11-10-20(34-4)15-24(23)35-5/h6-16,26-27H,1-5H3,(H,31,36)/t26-,27+/m1/s1. The number of benzene rings is 1. The second-order valence-electron chi connectivity index (χ2n) is 8.89. The Morgan fingerprint density at radius 3 is 2.44 bits per heavy atom. The number of hydrogen-bond donors (Lipinski definition) is 1. The summed E-state index contributed by atoms with van der Waals surface area (Å²) >= 11 is 5.92. The molecule has 1 fully saturated rings. The van der Waals surface area contributed by atoms with Gasteiger partial charge in [0.2, 0.25) is 0 Å². The molecule has 0 unspecified atom stereocenters. The highest BCUT2D eigenvalue weighted by Crippen LogP contribution is 2.46. The quantitative estimate of drug-likeness (QED) is 0.357. The van der Waals surface area contributed by atoms with Gasteiger partial charge in [-0.15, -0.1) is 0 Å². The number of thiocarbonyl (C=S) groups is 1. The Labute approximate surface area is 216 Å². The van der Waals surface area contributed by atoms with E-state index >= 15 is 0 Å². The zero-order chi connectivity index (χ0) is 25.4. The highest BCUT2D eigenvalue weighted by molar-refractivity contribution is 7.80. The largest absolute Gasteiger partial charge is 0.497 e. The van der Waals surface area contributed by atoms with E-state index in [2.05, 4.69) is 56.8 Å². The minimum absolute atomic E-state index is 0.162. The average molecular weight is 500 g/mol. The van der Waals surface area contributed by atoms with Crippen LogP contribution in [-0.4, -0.2) is 33.9 Å². The molecule has 184 valence electrons. The molecule has 4 heterocycles. The molecule has 0 bridgehead atoms. The first-order valence-corrected chi connectivity index (χ1v) is 12.2. The Hall–Kier alpha value is -3.91. The van der Waals surface area contributed by atoms with Gasteiger partial charge in [-0.3, -0.25) is 4.98 Å². The summed E-state index contributed by atoms with van der Waals surface area (Å²) in [7, 11) is 3.30. The van der Waals surface area contributed by atoms with Crippen LogP contribution in [0.1, 0.15) is 40.3 Å². The number of hydrogen-bond acceptors (Lipinski definition) is 5. The van der Waals surface area contributed by atoms with Crippen LogP contribution in [0.25, 0.3) is 5.82 Å². The molecule has 1 saturated heterocycles. The van der Waals surface area contributed by atoms with Gasteiger partial charge in [-0.1, -0.05) is 12.1 Å². The van der Waals surface area contributed by atoms with Crippen molar-refractivity contribution in [3.8, 4) is 17.3 Å². The molecule has 8 heteroatoms. The molecule has 0 radical (unpaired) electrons. The third-order valence-electron chi connectivity index (χ3n) is 6.66. The molecule has 1 aromatic carbocycles. The summed E-state index contributed by atoms with van der Waals surface area (Å²) < 4.78 is 13.4. The average Bonchev–Trinajstić information content (AvgIpc) is 3.39.